The van der Waals surface area contributed by atoms with Crippen LogP contribution in [0.15, 0.2) is 72.8 Å². The number of benzene rings is 3. The summed E-state index contributed by atoms with van der Waals surface area (Å²) in [7, 11) is -2.46. The molecule has 0 bridgehead atoms. The summed E-state index contributed by atoms with van der Waals surface area (Å²) in [6, 6.07) is 20.9. The van der Waals surface area contributed by atoms with Gasteiger partial charge < -0.3 is 15.0 Å². The maximum absolute atomic E-state index is 14.3. The van der Waals surface area contributed by atoms with Gasteiger partial charge in [0.2, 0.25) is 21.8 Å². The second-order valence-corrected chi connectivity index (χ2v) is 13.5. The molecular weight excluding hydrogens is 586 g/mol. The van der Waals surface area contributed by atoms with Crippen molar-refractivity contribution in [2.45, 2.75) is 64.1 Å². The van der Waals surface area contributed by atoms with E-state index in [4.69, 9.17) is 16.3 Å². The van der Waals surface area contributed by atoms with Crippen LogP contribution in [0.1, 0.15) is 48.8 Å². The molecule has 0 spiro atoms. The molecule has 43 heavy (non-hydrogen) atoms. The van der Waals surface area contributed by atoms with Crippen LogP contribution in [0.4, 0.5) is 5.69 Å². The highest BCUT2D eigenvalue weighted by Gasteiger charge is 2.34. The van der Waals surface area contributed by atoms with Crippen LogP contribution in [-0.4, -0.2) is 57.1 Å². The molecule has 1 atom stereocenters. The Hall–Kier alpha value is -3.56. The summed E-state index contributed by atoms with van der Waals surface area (Å²) in [5.41, 5.74) is 2.72. The smallest absolute Gasteiger partial charge is 0.244 e. The van der Waals surface area contributed by atoms with Crippen molar-refractivity contribution in [3.8, 4) is 5.75 Å². The fourth-order valence-corrected chi connectivity index (χ4v) is 6.45. The first-order valence-corrected chi connectivity index (χ1v) is 16.8. The topological polar surface area (TPSA) is 96.0 Å². The zero-order chi connectivity index (χ0) is 31.0. The molecule has 1 saturated carbocycles. The first-order valence-electron chi connectivity index (χ1n) is 14.6. The molecule has 0 heterocycles. The minimum atomic E-state index is -3.91. The average molecular weight is 626 g/mol. The standard InChI is InChI=1S/C33H40ClN3O5S/c1-24-14-19-31(42-2)29(20-24)37(43(3,40)41)23-32(38)36(22-26-15-17-27(34)18-16-26)30(21-25-10-6-4-7-11-25)33(39)35-28-12-8-5-9-13-28/h4,6-7,10-11,14-20,28,30H,5,8-9,12-13,21-23H2,1-3H3,(H,35,39)/t30-/m0/s1. The molecular formula is C33H40ClN3O5S. The molecule has 8 nitrogen and oxygen atoms in total. The predicted octanol–water partition coefficient (Wildman–Crippen LogP) is 5.51. The number of carbonyl (C=O) groups excluding carboxylic acids is 2. The van der Waals surface area contributed by atoms with Gasteiger partial charge in [-0.1, -0.05) is 79.4 Å². The number of hydrogen-bond acceptors (Lipinski definition) is 5. The lowest BCUT2D eigenvalue weighted by molar-refractivity contribution is -0.140. The molecule has 0 saturated heterocycles. The summed E-state index contributed by atoms with van der Waals surface area (Å²) in [6.07, 6.45) is 6.35. The Morgan fingerprint density at radius 2 is 1.65 bits per heavy atom. The second kappa shape index (κ2) is 14.8. The summed E-state index contributed by atoms with van der Waals surface area (Å²) in [5.74, 6) is -0.440. The van der Waals surface area contributed by atoms with E-state index in [-0.39, 0.29) is 30.6 Å². The van der Waals surface area contributed by atoms with Crippen molar-refractivity contribution >= 4 is 39.1 Å². The van der Waals surface area contributed by atoms with E-state index in [2.05, 4.69) is 5.32 Å². The third kappa shape index (κ3) is 8.97. The van der Waals surface area contributed by atoms with E-state index >= 15 is 0 Å². The van der Waals surface area contributed by atoms with Crippen LogP contribution in [0.2, 0.25) is 5.02 Å². The fraction of sp³-hybridized carbons (Fsp3) is 0.394. The van der Waals surface area contributed by atoms with E-state index in [0.717, 1.165) is 59.4 Å². The summed E-state index contributed by atoms with van der Waals surface area (Å²) >= 11 is 6.14. The van der Waals surface area contributed by atoms with Crippen molar-refractivity contribution in [1.29, 1.82) is 0 Å². The van der Waals surface area contributed by atoms with E-state index in [0.29, 0.717) is 10.8 Å². The number of nitrogens with zero attached hydrogens (tertiary/aromatic N) is 2. The first-order chi connectivity index (χ1) is 20.5. The molecule has 0 aromatic heterocycles. The van der Waals surface area contributed by atoms with Crippen LogP contribution in [-0.2, 0) is 32.6 Å². The molecule has 0 radical (unpaired) electrons. The number of nitrogens with one attached hydrogen (secondary N) is 1. The van der Waals surface area contributed by atoms with Gasteiger partial charge in [-0.3, -0.25) is 13.9 Å². The fourth-order valence-electron chi connectivity index (χ4n) is 5.47. The quantitative estimate of drug-likeness (QED) is 0.286. The molecule has 1 aliphatic rings. The molecule has 3 aromatic rings. The Kier molecular flexibility index (Phi) is 11.1. The van der Waals surface area contributed by atoms with E-state index < -0.39 is 28.5 Å². The lowest BCUT2D eigenvalue weighted by Gasteiger charge is -2.35. The molecule has 1 fully saturated rings. The number of ether oxygens (including phenoxy) is 1. The van der Waals surface area contributed by atoms with Gasteiger partial charge in [-0.2, -0.15) is 0 Å². The van der Waals surface area contributed by atoms with Crippen molar-refractivity contribution in [3.63, 3.8) is 0 Å². The maximum atomic E-state index is 14.3. The van der Waals surface area contributed by atoms with E-state index in [1.165, 1.54) is 12.0 Å². The monoisotopic (exact) mass is 625 g/mol. The Labute approximate surface area is 260 Å². The Bertz CT molecular complexity index is 1490. The molecule has 0 unspecified atom stereocenters. The number of carbonyl (C=O) groups is 2. The number of halogens is 1. The Balaban J connectivity index is 1.75. The van der Waals surface area contributed by atoms with Gasteiger partial charge in [0.05, 0.1) is 19.1 Å². The third-order valence-corrected chi connectivity index (χ3v) is 9.15. The van der Waals surface area contributed by atoms with Gasteiger partial charge in [0.25, 0.3) is 0 Å². The number of amides is 2. The van der Waals surface area contributed by atoms with Crippen LogP contribution < -0.4 is 14.4 Å². The minimum Gasteiger partial charge on any atom is -0.495 e. The van der Waals surface area contributed by atoms with Crippen LogP contribution >= 0.6 is 11.6 Å². The Morgan fingerprint density at radius 3 is 2.28 bits per heavy atom. The van der Waals surface area contributed by atoms with Gasteiger partial charge in [0.1, 0.15) is 18.3 Å². The van der Waals surface area contributed by atoms with E-state index in [9.17, 15) is 18.0 Å². The van der Waals surface area contributed by atoms with Gasteiger partial charge in [-0.05, 0) is 60.7 Å². The largest absolute Gasteiger partial charge is 0.495 e. The summed E-state index contributed by atoms with van der Waals surface area (Å²) < 4.78 is 32.8. The van der Waals surface area contributed by atoms with Crippen LogP contribution in [0, 0.1) is 6.92 Å². The van der Waals surface area contributed by atoms with Crippen molar-refractivity contribution in [1.82, 2.24) is 10.2 Å². The zero-order valence-electron chi connectivity index (χ0n) is 25.0. The van der Waals surface area contributed by atoms with Crippen molar-refractivity contribution in [3.05, 3.63) is 94.5 Å². The summed E-state index contributed by atoms with van der Waals surface area (Å²) in [6.45, 7) is 1.42. The van der Waals surface area contributed by atoms with E-state index in [1.807, 2.05) is 43.3 Å². The number of sulfonamides is 1. The van der Waals surface area contributed by atoms with Crippen LogP contribution in [0.5, 0.6) is 5.75 Å². The molecule has 1 aliphatic carbocycles. The second-order valence-electron chi connectivity index (χ2n) is 11.1. The molecule has 1 N–H and O–H groups in total. The normalized spacial score (nSPS) is 14.5. The Morgan fingerprint density at radius 1 is 0.977 bits per heavy atom. The number of hydrogen-bond donors (Lipinski definition) is 1. The highest BCUT2D eigenvalue weighted by atomic mass is 35.5. The molecule has 0 aliphatic heterocycles. The van der Waals surface area contributed by atoms with Crippen molar-refractivity contribution in [2.24, 2.45) is 0 Å². The number of aryl methyl sites for hydroxylation is 1. The highest BCUT2D eigenvalue weighted by Crippen LogP contribution is 2.31. The van der Waals surface area contributed by atoms with E-state index in [1.54, 1.807) is 36.4 Å². The number of methoxy groups -OCH3 is 1. The van der Waals surface area contributed by atoms with Crippen LogP contribution in [0.25, 0.3) is 0 Å². The van der Waals surface area contributed by atoms with Gasteiger partial charge in [0.15, 0.2) is 0 Å². The van der Waals surface area contributed by atoms with Gasteiger partial charge in [0, 0.05) is 24.0 Å². The van der Waals surface area contributed by atoms with Crippen LogP contribution in [0.3, 0.4) is 0 Å². The third-order valence-electron chi connectivity index (χ3n) is 7.77. The molecule has 2 amide bonds. The minimum absolute atomic E-state index is 0.0380. The lowest BCUT2D eigenvalue weighted by Crippen LogP contribution is -2.55. The van der Waals surface area contributed by atoms with Crippen molar-refractivity contribution < 1.29 is 22.7 Å². The number of anilines is 1. The van der Waals surface area contributed by atoms with Gasteiger partial charge in [-0.15, -0.1) is 0 Å². The van der Waals surface area contributed by atoms with Crippen molar-refractivity contribution in [2.75, 3.05) is 24.2 Å². The SMILES string of the molecule is COc1ccc(C)cc1N(CC(=O)N(Cc1ccc(Cl)cc1)[C@@H](Cc1ccccc1)C(=O)NC1CCCCC1)S(C)(=O)=O. The lowest BCUT2D eigenvalue weighted by atomic mass is 9.94. The number of rotatable bonds is 12. The molecule has 3 aromatic carbocycles. The summed E-state index contributed by atoms with van der Waals surface area (Å²) in [4.78, 5) is 29.9. The highest BCUT2D eigenvalue weighted by molar-refractivity contribution is 7.92. The molecule has 230 valence electrons. The van der Waals surface area contributed by atoms with Gasteiger partial charge >= 0.3 is 0 Å². The van der Waals surface area contributed by atoms with Gasteiger partial charge in [-0.25, -0.2) is 8.42 Å². The maximum Gasteiger partial charge on any atom is 0.244 e. The molecule has 10 heteroatoms. The first kappa shape index (κ1) is 32.4. The zero-order valence-corrected chi connectivity index (χ0v) is 26.5. The molecule has 4 rings (SSSR count). The summed E-state index contributed by atoms with van der Waals surface area (Å²) in [5, 5.41) is 3.75. The predicted molar refractivity (Wildman–Crippen MR) is 171 cm³/mol. The average Bonchev–Trinajstić information content (AvgIpc) is 2.99.